The third-order valence-electron chi connectivity index (χ3n) is 0.855. The molecule has 0 aromatic heterocycles. The van der Waals surface area contributed by atoms with E-state index in [0.29, 0.717) is 6.42 Å². The largest absolute Gasteiger partial charge is 0.394 e. The summed E-state index contributed by atoms with van der Waals surface area (Å²) >= 11 is 0. The molecule has 0 unspecified atom stereocenters. The molecule has 0 aromatic rings. The smallest absolute Gasteiger partial charge is 0.0805 e. The number of allylic oxidation sites excluding steroid dienone is 1. The summed E-state index contributed by atoms with van der Waals surface area (Å²) in [5.74, 6) is 0. The third-order valence-corrected chi connectivity index (χ3v) is 0.855. The van der Waals surface area contributed by atoms with Crippen molar-refractivity contribution in [3.63, 3.8) is 0 Å². The Labute approximate surface area is 49.5 Å². The molecule has 48 valence electrons. The Kier molecular flexibility index (Phi) is 4.61. The predicted molar refractivity (Wildman–Crippen MR) is 32.5 cm³/mol. The first kappa shape index (κ1) is 7.66. The van der Waals surface area contributed by atoms with Crippen LogP contribution in [0.1, 0.15) is 13.3 Å². The summed E-state index contributed by atoms with van der Waals surface area (Å²) in [4.78, 5) is 0. The van der Waals surface area contributed by atoms with E-state index in [1.54, 1.807) is 0 Å². The van der Waals surface area contributed by atoms with E-state index in [-0.39, 0.29) is 6.61 Å². The molecule has 0 amide bonds. The molecule has 2 heteroatoms. The van der Waals surface area contributed by atoms with Gasteiger partial charge in [-0.15, -0.1) is 0 Å². The number of aliphatic hydroxyl groups excluding tert-OH is 2. The van der Waals surface area contributed by atoms with E-state index < -0.39 is 6.10 Å². The molecule has 2 N–H and O–H groups in total. The van der Waals surface area contributed by atoms with Crippen LogP contribution in [-0.4, -0.2) is 22.9 Å². The lowest BCUT2D eigenvalue weighted by molar-refractivity contribution is 0.0976. The molecule has 0 saturated carbocycles. The third kappa shape index (κ3) is 3.84. The van der Waals surface area contributed by atoms with Crippen LogP contribution in [0.5, 0.6) is 0 Å². The summed E-state index contributed by atoms with van der Waals surface area (Å²) < 4.78 is 0. The Morgan fingerprint density at radius 2 is 2.25 bits per heavy atom. The number of rotatable bonds is 3. The van der Waals surface area contributed by atoms with Crippen LogP contribution in [0, 0.1) is 0 Å². The highest BCUT2D eigenvalue weighted by atomic mass is 16.3. The highest BCUT2D eigenvalue weighted by Gasteiger charge is 1.94. The van der Waals surface area contributed by atoms with Gasteiger partial charge in [-0.05, 0) is 13.3 Å². The van der Waals surface area contributed by atoms with Gasteiger partial charge in [0.2, 0.25) is 0 Å². The molecule has 0 aliphatic rings. The monoisotopic (exact) mass is 116 g/mol. The first-order valence-corrected chi connectivity index (χ1v) is 2.71. The maximum Gasteiger partial charge on any atom is 0.0805 e. The van der Waals surface area contributed by atoms with Crippen LogP contribution in [0.15, 0.2) is 12.2 Å². The molecule has 0 spiro atoms. The summed E-state index contributed by atoms with van der Waals surface area (Å²) in [5.41, 5.74) is 0. The Morgan fingerprint density at radius 1 is 1.62 bits per heavy atom. The zero-order valence-corrected chi connectivity index (χ0v) is 5.04. The van der Waals surface area contributed by atoms with E-state index in [2.05, 4.69) is 0 Å². The molecule has 0 bridgehead atoms. The van der Waals surface area contributed by atoms with Gasteiger partial charge in [0.05, 0.1) is 12.7 Å². The van der Waals surface area contributed by atoms with E-state index in [1.807, 2.05) is 19.1 Å². The summed E-state index contributed by atoms with van der Waals surface area (Å²) in [6.45, 7) is 1.73. The second-order valence-electron chi connectivity index (χ2n) is 1.64. The van der Waals surface area contributed by atoms with Crippen molar-refractivity contribution in [1.82, 2.24) is 0 Å². The average molecular weight is 116 g/mol. The van der Waals surface area contributed by atoms with Gasteiger partial charge >= 0.3 is 0 Å². The van der Waals surface area contributed by atoms with Gasteiger partial charge in [0.25, 0.3) is 0 Å². The highest BCUT2D eigenvalue weighted by Crippen LogP contribution is 1.89. The van der Waals surface area contributed by atoms with Crippen molar-refractivity contribution in [2.24, 2.45) is 0 Å². The number of aliphatic hydroxyl groups is 2. The minimum Gasteiger partial charge on any atom is -0.394 e. The first-order valence-electron chi connectivity index (χ1n) is 2.71. The molecule has 0 aromatic carbocycles. The molecular formula is C6H12O2. The quantitative estimate of drug-likeness (QED) is 0.521. The lowest BCUT2D eigenvalue weighted by Crippen LogP contribution is -2.09. The number of hydrogen-bond acceptors (Lipinski definition) is 2. The Morgan fingerprint density at radius 3 is 2.62 bits per heavy atom. The van der Waals surface area contributed by atoms with Crippen molar-refractivity contribution in [3.8, 4) is 0 Å². The molecule has 0 aliphatic carbocycles. The molecule has 8 heavy (non-hydrogen) atoms. The molecule has 0 rings (SSSR count). The fourth-order valence-corrected chi connectivity index (χ4v) is 0.368. The maximum atomic E-state index is 8.69. The normalized spacial score (nSPS) is 14.9. The molecule has 0 saturated heterocycles. The Balaban J connectivity index is 3.10. The zero-order chi connectivity index (χ0) is 6.41. The SMILES string of the molecule is C/C=C\C[C@@H](O)CO. The molecule has 0 heterocycles. The van der Waals surface area contributed by atoms with E-state index in [9.17, 15) is 0 Å². The second-order valence-corrected chi connectivity index (χ2v) is 1.64. The van der Waals surface area contributed by atoms with Crippen LogP contribution in [0.3, 0.4) is 0 Å². The van der Waals surface area contributed by atoms with Gasteiger partial charge in [-0.25, -0.2) is 0 Å². The zero-order valence-electron chi connectivity index (χ0n) is 5.04. The van der Waals surface area contributed by atoms with E-state index in [4.69, 9.17) is 10.2 Å². The van der Waals surface area contributed by atoms with Gasteiger partial charge in [0.15, 0.2) is 0 Å². The van der Waals surface area contributed by atoms with Crippen LogP contribution in [0.2, 0.25) is 0 Å². The van der Waals surface area contributed by atoms with Crippen LogP contribution in [0.4, 0.5) is 0 Å². The fraction of sp³-hybridized carbons (Fsp3) is 0.667. The second kappa shape index (κ2) is 4.81. The fourth-order valence-electron chi connectivity index (χ4n) is 0.368. The molecule has 2 nitrogen and oxygen atoms in total. The van der Waals surface area contributed by atoms with E-state index in [1.165, 1.54) is 0 Å². The van der Waals surface area contributed by atoms with Crippen LogP contribution in [-0.2, 0) is 0 Å². The standard InChI is InChI=1S/C6H12O2/c1-2-3-4-6(8)5-7/h2-3,6-8H,4-5H2,1H3/b3-2-/t6-/m1/s1. The van der Waals surface area contributed by atoms with Gasteiger partial charge in [-0.3, -0.25) is 0 Å². The molecule has 0 aliphatic heterocycles. The van der Waals surface area contributed by atoms with Gasteiger partial charge < -0.3 is 10.2 Å². The Bertz CT molecular complexity index is 68.9. The summed E-state index contributed by atoms with van der Waals surface area (Å²) in [5, 5.41) is 17.0. The van der Waals surface area contributed by atoms with Crippen molar-refractivity contribution in [3.05, 3.63) is 12.2 Å². The van der Waals surface area contributed by atoms with Crippen molar-refractivity contribution in [1.29, 1.82) is 0 Å². The highest BCUT2D eigenvalue weighted by molar-refractivity contribution is 4.79. The average Bonchev–Trinajstić information content (AvgIpc) is 1.83. The van der Waals surface area contributed by atoms with Crippen molar-refractivity contribution in [2.75, 3.05) is 6.61 Å². The first-order chi connectivity index (χ1) is 3.81. The lowest BCUT2D eigenvalue weighted by atomic mass is 10.2. The number of hydrogen-bond donors (Lipinski definition) is 2. The lowest BCUT2D eigenvalue weighted by Gasteiger charge is -1.99. The van der Waals surface area contributed by atoms with E-state index in [0.717, 1.165) is 0 Å². The predicted octanol–water partition coefficient (Wildman–Crippen LogP) is 0.306. The minimum absolute atomic E-state index is 0.148. The van der Waals surface area contributed by atoms with Gasteiger partial charge in [-0.1, -0.05) is 12.2 Å². The Hall–Kier alpha value is -0.340. The van der Waals surface area contributed by atoms with Crippen LogP contribution >= 0.6 is 0 Å². The molecule has 0 radical (unpaired) electrons. The van der Waals surface area contributed by atoms with Gasteiger partial charge in [0.1, 0.15) is 0 Å². The van der Waals surface area contributed by atoms with Crippen molar-refractivity contribution in [2.45, 2.75) is 19.4 Å². The molecule has 1 atom stereocenters. The van der Waals surface area contributed by atoms with Gasteiger partial charge in [0, 0.05) is 0 Å². The van der Waals surface area contributed by atoms with Crippen LogP contribution < -0.4 is 0 Å². The summed E-state index contributed by atoms with van der Waals surface area (Å²) in [7, 11) is 0. The summed E-state index contributed by atoms with van der Waals surface area (Å²) in [6, 6.07) is 0. The topological polar surface area (TPSA) is 40.5 Å². The maximum absolute atomic E-state index is 8.69. The molecule has 0 fully saturated rings. The minimum atomic E-state index is -0.578. The summed E-state index contributed by atoms with van der Waals surface area (Å²) in [6.07, 6.45) is 3.64. The van der Waals surface area contributed by atoms with Crippen molar-refractivity contribution >= 4 is 0 Å². The van der Waals surface area contributed by atoms with Gasteiger partial charge in [-0.2, -0.15) is 0 Å². The van der Waals surface area contributed by atoms with Crippen LogP contribution in [0.25, 0.3) is 0 Å². The van der Waals surface area contributed by atoms with E-state index >= 15 is 0 Å². The molecular weight excluding hydrogens is 104 g/mol. The van der Waals surface area contributed by atoms with Crippen molar-refractivity contribution < 1.29 is 10.2 Å².